The third-order valence-electron chi connectivity index (χ3n) is 2.34. The van der Waals surface area contributed by atoms with Crippen LogP contribution in [0.2, 0.25) is 0 Å². The van der Waals surface area contributed by atoms with Crippen molar-refractivity contribution in [3.05, 3.63) is 41.3 Å². The Morgan fingerprint density at radius 2 is 2.13 bits per heavy atom. The molecule has 0 fully saturated rings. The number of benzene rings is 1. The second-order valence-corrected chi connectivity index (χ2v) is 4.51. The van der Waals surface area contributed by atoms with Crippen LogP contribution in [-0.4, -0.2) is 11.7 Å². The van der Waals surface area contributed by atoms with Crippen molar-refractivity contribution in [1.82, 2.24) is 0 Å². The molecule has 1 aromatic carbocycles. The van der Waals surface area contributed by atoms with Gasteiger partial charge in [0, 0.05) is 24.3 Å². The van der Waals surface area contributed by atoms with Gasteiger partial charge < -0.3 is 5.32 Å². The van der Waals surface area contributed by atoms with Crippen molar-refractivity contribution in [1.29, 1.82) is 0 Å². The lowest BCUT2D eigenvalue weighted by atomic mass is 10.0. The van der Waals surface area contributed by atoms with Crippen molar-refractivity contribution in [2.75, 3.05) is 11.1 Å². The van der Waals surface area contributed by atoms with E-state index in [2.05, 4.69) is 28.9 Å². The fourth-order valence-electron chi connectivity index (χ4n) is 1.59. The van der Waals surface area contributed by atoms with Crippen molar-refractivity contribution in [3.63, 3.8) is 0 Å². The molecular weight excluding hydrogens is 206 g/mol. The molecule has 0 saturated heterocycles. The van der Waals surface area contributed by atoms with Gasteiger partial charge in [0.15, 0.2) is 0 Å². The van der Waals surface area contributed by atoms with Gasteiger partial charge in [-0.15, -0.1) is 11.8 Å². The Balaban J connectivity index is 2.09. The quantitative estimate of drug-likeness (QED) is 0.828. The van der Waals surface area contributed by atoms with Gasteiger partial charge in [-0.2, -0.15) is 0 Å². The second kappa shape index (κ2) is 4.53. The third-order valence-corrected chi connectivity index (χ3v) is 3.24. The molecule has 1 unspecified atom stereocenters. The maximum Gasteiger partial charge on any atom is 0.221 e. The molecule has 3 heteroatoms. The standard InChI is InChI=1S/C12H13NOS/c1-9(14)13-12-4-2-10(3-5-12)11-6-7-15-8-11/h2-7,11H,8H2,1H3,(H,13,14). The zero-order chi connectivity index (χ0) is 10.7. The SMILES string of the molecule is CC(=O)Nc1ccc(C2C=CSC2)cc1. The lowest BCUT2D eigenvalue weighted by Crippen LogP contribution is -2.05. The summed E-state index contributed by atoms with van der Waals surface area (Å²) in [5.74, 6) is 1.62. The predicted molar refractivity (Wildman–Crippen MR) is 65.1 cm³/mol. The lowest BCUT2D eigenvalue weighted by Gasteiger charge is -2.08. The Morgan fingerprint density at radius 1 is 1.40 bits per heavy atom. The van der Waals surface area contributed by atoms with Crippen LogP contribution in [0.15, 0.2) is 35.7 Å². The van der Waals surface area contributed by atoms with Gasteiger partial charge in [0.05, 0.1) is 0 Å². The summed E-state index contributed by atoms with van der Waals surface area (Å²) in [7, 11) is 0. The van der Waals surface area contributed by atoms with E-state index in [0.717, 1.165) is 11.4 Å². The molecule has 0 saturated carbocycles. The number of nitrogens with one attached hydrogen (secondary N) is 1. The predicted octanol–water partition coefficient (Wildman–Crippen LogP) is 2.99. The van der Waals surface area contributed by atoms with E-state index in [1.165, 1.54) is 12.5 Å². The molecule has 78 valence electrons. The van der Waals surface area contributed by atoms with Crippen LogP contribution >= 0.6 is 11.8 Å². The monoisotopic (exact) mass is 219 g/mol. The van der Waals surface area contributed by atoms with Crippen LogP contribution < -0.4 is 5.32 Å². The first-order chi connectivity index (χ1) is 7.25. The first kappa shape index (κ1) is 10.3. The minimum Gasteiger partial charge on any atom is -0.326 e. The van der Waals surface area contributed by atoms with Crippen LogP contribution in [0.4, 0.5) is 5.69 Å². The fourth-order valence-corrected chi connectivity index (χ4v) is 2.51. The molecule has 0 radical (unpaired) electrons. The average Bonchev–Trinajstić information content (AvgIpc) is 2.71. The number of anilines is 1. The summed E-state index contributed by atoms with van der Waals surface area (Å²) in [6.45, 7) is 1.52. The number of hydrogen-bond acceptors (Lipinski definition) is 2. The topological polar surface area (TPSA) is 29.1 Å². The number of allylic oxidation sites excluding steroid dienone is 1. The van der Waals surface area contributed by atoms with E-state index >= 15 is 0 Å². The van der Waals surface area contributed by atoms with Gasteiger partial charge in [0.2, 0.25) is 5.91 Å². The highest BCUT2D eigenvalue weighted by atomic mass is 32.2. The van der Waals surface area contributed by atoms with E-state index < -0.39 is 0 Å². The maximum absolute atomic E-state index is 10.8. The number of amides is 1. The fraction of sp³-hybridized carbons (Fsp3) is 0.250. The van der Waals surface area contributed by atoms with Crippen molar-refractivity contribution < 1.29 is 4.79 Å². The van der Waals surface area contributed by atoms with Crippen LogP contribution in [0.3, 0.4) is 0 Å². The summed E-state index contributed by atoms with van der Waals surface area (Å²) < 4.78 is 0. The number of carbonyl (C=O) groups excluding carboxylic acids is 1. The van der Waals surface area contributed by atoms with Crippen LogP contribution in [0.5, 0.6) is 0 Å². The van der Waals surface area contributed by atoms with E-state index in [0.29, 0.717) is 5.92 Å². The van der Waals surface area contributed by atoms with Gasteiger partial charge in [-0.1, -0.05) is 18.2 Å². The Hall–Kier alpha value is -1.22. The van der Waals surface area contributed by atoms with Crippen molar-refractivity contribution in [2.24, 2.45) is 0 Å². The molecule has 0 aromatic heterocycles. The Morgan fingerprint density at radius 3 is 2.67 bits per heavy atom. The van der Waals surface area contributed by atoms with Gasteiger partial charge in [0.25, 0.3) is 0 Å². The van der Waals surface area contributed by atoms with E-state index in [9.17, 15) is 4.79 Å². The largest absolute Gasteiger partial charge is 0.326 e. The van der Waals surface area contributed by atoms with E-state index in [1.54, 1.807) is 0 Å². The first-order valence-electron chi connectivity index (χ1n) is 4.91. The molecule has 1 N–H and O–H groups in total. The Labute approximate surface area is 93.8 Å². The van der Waals surface area contributed by atoms with Gasteiger partial charge in [0.1, 0.15) is 0 Å². The minimum absolute atomic E-state index is 0.0286. The summed E-state index contributed by atoms with van der Waals surface area (Å²) in [5.41, 5.74) is 2.17. The van der Waals surface area contributed by atoms with Crippen LogP contribution in [-0.2, 0) is 4.79 Å². The smallest absolute Gasteiger partial charge is 0.221 e. The Kier molecular flexibility index (Phi) is 3.11. The minimum atomic E-state index is -0.0286. The molecule has 2 rings (SSSR count). The number of carbonyl (C=O) groups is 1. The van der Waals surface area contributed by atoms with Crippen LogP contribution in [0.25, 0.3) is 0 Å². The molecule has 1 aromatic rings. The molecule has 0 aliphatic carbocycles. The third kappa shape index (κ3) is 2.63. The second-order valence-electron chi connectivity index (χ2n) is 3.57. The molecule has 1 aliphatic rings. The molecule has 2 nitrogen and oxygen atoms in total. The van der Waals surface area contributed by atoms with E-state index in [1.807, 2.05) is 23.9 Å². The number of thioether (sulfide) groups is 1. The number of hydrogen-bond donors (Lipinski definition) is 1. The molecule has 1 heterocycles. The molecule has 1 aliphatic heterocycles. The summed E-state index contributed by atoms with van der Waals surface area (Å²) >= 11 is 1.84. The summed E-state index contributed by atoms with van der Waals surface area (Å²) in [4.78, 5) is 10.8. The molecule has 0 spiro atoms. The van der Waals surface area contributed by atoms with Gasteiger partial charge >= 0.3 is 0 Å². The zero-order valence-electron chi connectivity index (χ0n) is 8.57. The normalized spacial score (nSPS) is 19.1. The molecule has 1 atom stereocenters. The summed E-state index contributed by atoms with van der Waals surface area (Å²) in [6, 6.07) is 8.06. The molecule has 1 amide bonds. The summed E-state index contributed by atoms with van der Waals surface area (Å²) in [5, 5.41) is 4.91. The first-order valence-corrected chi connectivity index (χ1v) is 5.96. The van der Waals surface area contributed by atoms with Gasteiger partial charge in [-0.25, -0.2) is 0 Å². The van der Waals surface area contributed by atoms with Gasteiger partial charge in [-0.05, 0) is 23.1 Å². The van der Waals surface area contributed by atoms with Crippen molar-refractivity contribution in [2.45, 2.75) is 12.8 Å². The summed E-state index contributed by atoms with van der Waals surface area (Å²) in [6.07, 6.45) is 2.22. The highest BCUT2D eigenvalue weighted by Crippen LogP contribution is 2.29. The van der Waals surface area contributed by atoms with Gasteiger partial charge in [-0.3, -0.25) is 4.79 Å². The zero-order valence-corrected chi connectivity index (χ0v) is 9.38. The van der Waals surface area contributed by atoms with Crippen molar-refractivity contribution in [3.8, 4) is 0 Å². The van der Waals surface area contributed by atoms with Crippen LogP contribution in [0.1, 0.15) is 18.4 Å². The lowest BCUT2D eigenvalue weighted by molar-refractivity contribution is -0.114. The highest BCUT2D eigenvalue weighted by molar-refractivity contribution is 8.02. The highest BCUT2D eigenvalue weighted by Gasteiger charge is 2.11. The maximum atomic E-state index is 10.8. The number of rotatable bonds is 2. The molecular formula is C12H13NOS. The van der Waals surface area contributed by atoms with E-state index in [-0.39, 0.29) is 5.91 Å². The Bertz CT molecular complexity index is 383. The van der Waals surface area contributed by atoms with Crippen LogP contribution in [0, 0.1) is 0 Å². The van der Waals surface area contributed by atoms with Crippen molar-refractivity contribution >= 4 is 23.4 Å². The molecule has 15 heavy (non-hydrogen) atoms. The average molecular weight is 219 g/mol. The van der Waals surface area contributed by atoms with E-state index in [4.69, 9.17) is 0 Å². The molecule has 0 bridgehead atoms.